The molecule has 0 aromatic carbocycles. The zero-order valence-corrected chi connectivity index (χ0v) is 6.60. The quantitative estimate of drug-likeness (QED) is 0.509. The Bertz CT molecular complexity index is 258. The molecule has 0 radical (unpaired) electrons. The van der Waals surface area contributed by atoms with Gasteiger partial charge in [-0.3, -0.25) is 4.79 Å². The summed E-state index contributed by atoms with van der Waals surface area (Å²) in [4.78, 5) is 10.3. The lowest BCUT2D eigenvalue weighted by Crippen LogP contribution is -2.49. The summed E-state index contributed by atoms with van der Waals surface area (Å²) in [5.41, 5.74) is 0. The van der Waals surface area contributed by atoms with Crippen LogP contribution in [0.5, 0.6) is 0 Å². The molecule has 5 nitrogen and oxygen atoms in total. The first-order chi connectivity index (χ1) is 5.01. The molecular weight excluding hydrogens is 170 g/mol. The van der Waals surface area contributed by atoms with Gasteiger partial charge >= 0.3 is 5.97 Å². The Kier molecular flexibility index (Phi) is 2.15. The Morgan fingerprint density at radius 3 is 2.55 bits per heavy atom. The van der Waals surface area contributed by atoms with Crippen LogP contribution in [0.15, 0.2) is 0 Å². The van der Waals surface area contributed by atoms with Crippen LogP contribution in [0.25, 0.3) is 0 Å². The van der Waals surface area contributed by atoms with Crippen molar-refractivity contribution < 1.29 is 18.3 Å². The monoisotopic (exact) mass is 179 g/mol. The molecule has 0 saturated carbocycles. The molecule has 6 heteroatoms. The summed E-state index contributed by atoms with van der Waals surface area (Å²) in [7, 11) is -3.12. The third-order valence-corrected chi connectivity index (χ3v) is 3.19. The second-order valence-electron chi connectivity index (χ2n) is 2.46. The number of hydrogen-bond donors (Lipinski definition) is 2. The van der Waals surface area contributed by atoms with Gasteiger partial charge in [0.1, 0.15) is 6.04 Å². The molecule has 0 aromatic heterocycles. The molecule has 1 rings (SSSR count). The molecule has 11 heavy (non-hydrogen) atoms. The van der Waals surface area contributed by atoms with Crippen LogP contribution in [0.3, 0.4) is 0 Å². The van der Waals surface area contributed by atoms with Crippen LogP contribution in [-0.2, 0) is 14.6 Å². The topological polar surface area (TPSA) is 83.5 Å². The predicted octanol–water partition coefficient (Wildman–Crippen LogP) is -1.54. The van der Waals surface area contributed by atoms with Gasteiger partial charge in [0.05, 0.1) is 11.5 Å². The van der Waals surface area contributed by atoms with Gasteiger partial charge in [-0.1, -0.05) is 0 Å². The van der Waals surface area contributed by atoms with E-state index in [1.165, 1.54) is 0 Å². The fourth-order valence-electron chi connectivity index (χ4n) is 0.943. The van der Waals surface area contributed by atoms with E-state index in [4.69, 9.17) is 5.11 Å². The number of rotatable bonds is 1. The van der Waals surface area contributed by atoms with Gasteiger partial charge < -0.3 is 10.4 Å². The number of hydrogen-bond acceptors (Lipinski definition) is 4. The molecule has 1 aliphatic rings. The van der Waals surface area contributed by atoms with Crippen LogP contribution in [0, 0.1) is 0 Å². The van der Waals surface area contributed by atoms with Crippen molar-refractivity contribution in [2.45, 2.75) is 6.04 Å². The largest absolute Gasteiger partial charge is 0.480 e. The van der Waals surface area contributed by atoms with Gasteiger partial charge in [0.25, 0.3) is 0 Å². The molecule has 1 saturated heterocycles. The molecule has 64 valence electrons. The van der Waals surface area contributed by atoms with Gasteiger partial charge in [-0.2, -0.15) is 0 Å². The Labute approximate surface area is 64.3 Å². The molecule has 0 aromatic rings. The highest BCUT2D eigenvalue weighted by Crippen LogP contribution is 2.00. The number of sulfone groups is 1. The van der Waals surface area contributed by atoms with Gasteiger partial charge in [0.15, 0.2) is 9.84 Å². The van der Waals surface area contributed by atoms with Crippen molar-refractivity contribution in [1.29, 1.82) is 0 Å². The minimum atomic E-state index is -3.12. The van der Waals surface area contributed by atoms with Crippen molar-refractivity contribution in [1.82, 2.24) is 5.32 Å². The molecule has 1 aliphatic heterocycles. The molecule has 2 N–H and O–H groups in total. The van der Waals surface area contributed by atoms with E-state index in [0.717, 1.165) is 0 Å². The van der Waals surface area contributed by atoms with Gasteiger partial charge in [-0.05, 0) is 0 Å². The minimum Gasteiger partial charge on any atom is -0.480 e. The maximum Gasteiger partial charge on any atom is 0.321 e. The van der Waals surface area contributed by atoms with Crippen LogP contribution in [0.1, 0.15) is 0 Å². The summed E-state index contributed by atoms with van der Waals surface area (Å²) in [5.74, 6) is -1.35. The van der Waals surface area contributed by atoms with E-state index in [9.17, 15) is 13.2 Å². The summed E-state index contributed by atoms with van der Waals surface area (Å²) in [6, 6.07) is -0.922. The lowest BCUT2D eigenvalue weighted by Gasteiger charge is -2.19. The van der Waals surface area contributed by atoms with E-state index in [1.54, 1.807) is 0 Å². The molecule has 0 aliphatic carbocycles. The Balaban J connectivity index is 2.68. The number of nitrogens with one attached hydrogen (secondary N) is 1. The summed E-state index contributed by atoms with van der Waals surface area (Å²) in [5, 5.41) is 11.0. The molecule has 0 bridgehead atoms. The highest BCUT2D eigenvalue weighted by molar-refractivity contribution is 7.91. The van der Waals surface area contributed by atoms with Crippen molar-refractivity contribution in [3.63, 3.8) is 0 Å². The van der Waals surface area contributed by atoms with E-state index in [0.29, 0.717) is 0 Å². The second kappa shape index (κ2) is 2.78. The highest BCUT2D eigenvalue weighted by atomic mass is 32.2. The van der Waals surface area contributed by atoms with Crippen molar-refractivity contribution in [2.24, 2.45) is 0 Å². The maximum absolute atomic E-state index is 10.9. The highest BCUT2D eigenvalue weighted by Gasteiger charge is 2.28. The van der Waals surface area contributed by atoms with Crippen LogP contribution < -0.4 is 5.32 Å². The molecule has 0 unspecified atom stereocenters. The summed E-state index contributed by atoms with van der Waals surface area (Å²) in [6.45, 7) is 0.235. The smallest absolute Gasteiger partial charge is 0.321 e. The van der Waals surface area contributed by atoms with Crippen molar-refractivity contribution in [2.75, 3.05) is 18.1 Å². The third kappa shape index (κ3) is 2.16. The van der Waals surface area contributed by atoms with E-state index < -0.39 is 21.8 Å². The van der Waals surface area contributed by atoms with Crippen LogP contribution in [0.4, 0.5) is 0 Å². The Hall–Kier alpha value is -0.620. The number of carboxylic acids is 1. The zero-order chi connectivity index (χ0) is 8.48. The molecule has 0 spiro atoms. The van der Waals surface area contributed by atoms with Gasteiger partial charge in [0.2, 0.25) is 0 Å². The van der Waals surface area contributed by atoms with Gasteiger partial charge in [-0.25, -0.2) is 8.42 Å². The Morgan fingerprint density at radius 2 is 2.18 bits per heavy atom. The molecule has 1 atom stereocenters. The molecule has 1 heterocycles. The van der Waals surface area contributed by atoms with E-state index in [-0.39, 0.29) is 18.1 Å². The van der Waals surface area contributed by atoms with Gasteiger partial charge in [-0.15, -0.1) is 0 Å². The Morgan fingerprint density at radius 1 is 1.55 bits per heavy atom. The fourth-order valence-corrected chi connectivity index (χ4v) is 2.31. The number of carboxylic acid groups (broad SMARTS) is 1. The standard InChI is InChI=1S/C5H9NO4S/c7-5(8)4-3-11(9,10)2-1-6-4/h4,6H,1-3H2,(H,7,8)/t4-/m0/s1. The molecular formula is C5H9NO4S. The molecule has 1 fully saturated rings. The van der Waals surface area contributed by atoms with E-state index in [2.05, 4.69) is 5.32 Å². The van der Waals surface area contributed by atoms with Crippen molar-refractivity contribution in [3.05, 3.63) is 0 Å². The average molecular weight is 179 g/mol. The first-order valence-corrected chi connectivity index (χ1v) is 5.00. The first-order valence-electron chi connectivity index (χ1n) is 3.18. The third-order valence-electron chi connectivity index (χ3n) is 1.52. The lowest BCUT2D eigenvalue weighted by molar-refractivity contribution is -0.138. The maximum atomic E-state index is 10.9. The SMILES string of the molecule is O=C(O)[C@@H]1CS(=O)(=O)CCN1. The fraction of sp³-hybridized carbons (Fsp3) is 0.800. The zero-order valence-electron chi connectivity index (χ0n) is 5.78. The van der Waals surface area contributed by atoms with Crippen LogP contribution >= 0.6 is 0 Å². The van der Waals surface area contributed by atoms with Crippen molar-refractivity contribution >= 4 is 15.8 Å². The normalized spacial score (nSPS) is 29.6. The summed E-state index contributed by atoms with van der Waals surface area (Å²) in [6.07, 6.45) is 0. The number of carbonyl (C=O) groups is 1. The molecule has 0 amide bonds. The first kappa shape index (κ1) is 8.48. The minimum absolute atomic E-state index is 0.0385. The summed E-state index contributed by atoms with van der Waals surface area (Å²) >= 11 is 0. The van der Waals surface area contributed by atoms with Crippen LogP contribution in [0.2, 0.25) is 0 Å². The number of aliphatic carboxylic acids is 1. The van der Waals surface area contributed by atoms with Crippen LogP contribution in [-0.4, -0.2) is 43.6 Å². The van der Waals surface area contributed by atoms with Gasteiger partial charge in [0, 0.05) is 6.54 Å². The lowest BCUT2D eigenvalue weighted by atomic mass is 10.3. The average Bonchev–Trinajstić information content (AvgIpc) is 1.85. The second-order valence-corrected chi connectivity index (χ2v) is 4.69. The van der Waals surface area contributed by atoms with E-state index in [1.807, 2.05) is 0 Å². The van der Waals surface area contributed by atoms with Crippen molar-refractivity contribution in [3.8, 4) is 0 Å². The summed E-state index contributed by atoms with van der Waals surface area (Å²) < 4.78 is 21.7. The predicted molar refractivity (Wildman–Crippen MR) is 38.1 cm³/mol. The van der Waals surface area contributed by atoms with E-state index >= 15 is 0 Å².